The molecule has 0 amide bonds. The van der Waals surface area contributed by atoms with E-state index in [9.17, 15) is 13.7 Å². The lowest BCUT2D eigenvalue weighted by Crippen LogP contribution is -2.10. The van der Waals surface area contributed by atoms with E-state index in [2.05, 4.69) is 6.07 Å². The molecular weight excluding hydrogens is 429 g/mol. The van der Waals surface area contributed by atoms with Gasteiger partial charge in [0.15, 0.2) is 5.75 Å². The van der Waals surface area contributed by atoms with Crippen molar-refractivity contribution in [2.75, 3.05) is 0 Å². The summed E-state index contributed by atoms with van der Waals surface area (Å²) in [5, 5.41) is 10.1. The molecule has 0 atom stereocenters. The molecule has 146 valence electrons. The largest absolute Gasteiger partial charge is 0.377 e. The van der Waals surface area contributed by atoms with Crippen molar-refractivity contribution in [3.8, 4) is 11.8 Å². The van der Waals surface area contributed by atoms with Crippen molar-refractivity contribution in [2.45, 2.75) is 11.8 Å². The molecule has 3 aromatic rings. The third-order valence-electron chi connectivity index (χ3n) is 4.05. The molecule has 4 nitrogen and oxygen atoms in total. The molecule has 0 saturated heterocycles. The molecule has 0 unspecified atom stereocenters. The molecule has 0 spiro atoms. The van der Waals surface area contributed by atoms with Crippen LogP contribution in [0.1, 0.15) is 16.7 Å². The maximum absolute atomic E-state index is 12.4. The van der Waals surface area contributed by atoms with Crippen LogP contribution < -0.4 is 4.18 Å². The number of nitrogens with zero attached hydrogens (tertiary/aromatic N) is 1. The Hall–Kier alpha value is -2.78. The van der Waals surface area contributed by atoms with Crippen LogP contribution in [-0.4, -0.2) is 8.42 Å². The van der Waals surface area contributed by atoms with Crippen LogP contribution in [0.15, 0.2) is 71.6 Å². The molecule has 3 aromatic carbocycles. The Morgan fingerprint density at radius 2 is 1.66 bits per heavy atom. The van der Waals surface area contributed by atoms with E-state index in [1.807, 2.05) is 6.92 Å². The second kappa shape index (κ2) is 8.71. The van der Waals surface area contributed by atoms with Crippen LogP contribution in [0, 0.1) is 18.3 Å². The SMILES string of the molecule is Cc1ccc(S(=O)(=O)Oc2ccc(/C=C(\C#N)c3ccc(Cl)cc3)cc2Cl)cc1. The fourth-order valence-corrected chi connectivity index (χ4v) is 3.87. The molecule has 0 N–H and O–H groups in total. The normalized spacial score (nSPS) is 11.7. The molecule has 3 rings (SSSR count). The van der Waals surface area contributed by atoms with Crippen molar-refractivity contribution >= 4 is 45.0 Å². The zero-order chi connectivity index (χ0) is 21.0. The number of allylic oxidation sites excluding steroid dienone is 1. The Bertz CT molecular complexity index is 1210. The highest BCUT2D eigenvalue weighted by molar-refractivity contribution is 7.87. The number of aryl methyl sites for hydroxylation is 1. The van der Waals surface area contributed by atoms with E-state index in [-0.39, 0.29) is 15.7 Å². The van der Waals surface area contributed by atoms with Gasteiger partial charge in [-0.1, -0.05) is 59.1 Å². The van der Waals surface area contributed by atoms with Gasteiger partial charge in [-0.15, -0.1) is 0 Å². The average molecular weight is 444 g/mol. The second-order valence-corrected chi connectivity index (χ2v) is 8.61. The number of halogens is 2. The fraction of sp³-hybridized carbons (Fsp3) is 0.0455. The Kier molecular flexibility index (Phi) is 6.29. The minimum Gasteiger partial charge on any atom is -0.377 e. The molecule has 0 aromatic heterocycles. The number of nitriles is 1. The number of rotatable bonds is 5. The Morgan fingerprint density at radius 3 is 2.24 bits per heavy atom. The van der Waals surface area contributed by atoms with Gasteiger partial charge in [-0.25, -0.2) is 0 Å². The third-order valence-corrected chi connectivity index (χ3v) is 5.85. The zero-order valence-corrected chi connectivity index (χ0v) is 17.6. The van der Waals surface area contributed by atoms with Crippen molar-refractivity contribution < 1.29 is 12.6 Å². The van der Waals surface area contributed by atoms with E-state index in [4.69, 9.17) is 27.4 Å². The van der Waals surface area contributed by atoms with Crippen LogP contribution in [0.25, 0.3) is 11.6 Å². The monoisotopic (exact) mass is 443 g/mol. The van der Waals surface area contributed by atoms with Crippen molar-refractivity contribution in [3.63, 3.8) is 0 Å². The van der Waals surface area contributed by atoms with Crippen molar-refractivity contribution in [1.29, 1.82) is 5.26 Å². The van der Waals surface area contributed by atoms with Gasteiger partial charge >= 0.3 is 10.1 Å². The van der Waals surface area contributed by atoms with Gasteiger partial charge in [0.25, 0.3) is 0 Å². The molecule has 7 heteroatoms. The van der Waals surface area contributed by atoms with Crippen molar-refractivity contribution in [2.24, 2.45) is 0 Å². The molecule has 0 saturated carbocycles. The Morgan fingerprint density at radius 1 is 1.00 bits per heavy atom. The molecule has 0 heterocycles. The molecule has 0 bridgehead atoms. The van der Waals surface area contributed by atoms with Gasteiger partial charge in [0.1, 0.15) is 4.90 Å². The Labute approximate surface area is 179 Å². The second-order valence-electron chi connectivity index (χ2n) is 6.22. The van der Waals surface area contributed by atoms with Gasteiger partial charge < -0.3 is 4.18 Å². The lowest BCUT2D eigenvalue weighted by molar-refractivity contribution is 0.486. The third kappa shape index (κ3) is 5.18. The minimum atomic E-state index is -4.00. The van der Waals surface area contributed by atoms with Gasteiger partial charge in [0, 0.05) is 5.02 Å². The summed E-state index contributed by atoms with van der Waals surface area (Å²) in [6.45, 7) is 1.86. The van der Waals surface area contributed by atoms with Gasteiger partial charge in [0.05, 0.1) is 16.7 Å². The predicted molar refractivity (Wildman–Crippen MR) is 115 cm³/mol. The van der Waals surface area contributed by atoms with E-state index in [0.29, 0.717) is 21.7 Å². The molecule has 29 heavy (non-hydrogen) atoms. The molecule has 0 radical (unpaired) electrons. The standard InChI is InChI=1S/C22H15Cl2NO3S/c1-15-2-9-20(10-3-15)29(26,27)28-22-11-4-16(13-21(22)24)12-18(14-25)17-5-7-19(23)8-6-17/h2-13H,1H3/b18-12+. The van der Waals surface area contributed by atoms with E-state index in [1.54, 1.807) is 48.5 Å². The van der Waals surface area contributed by atoms with Crippen LogP contribution in [0.2, 0.25) is 10.0 Å². The fourth-order valence-electron chi connectivity index (χ4n) is 2.52. The number of hydrogen-bond acceptors (Lipinski definition) is 4. The van der Waals surface area contributed by atoms with E-state index in [1.165, 1.54) is 24.3 Å². The summed E-state index contributed by atoms with van der Waals surface area (Å²) >= 11 is 12.1. The van der Waals surface area contributed by atoms with Gasteiger partial charge in [-0.3, -0.25) is 0 Å². The molecule has 0 fully saturated rings. The van der Waals surface area contributed by atoms with Gasteiger partial charge in [-0.2, -0.15) is 13.7 Å². The van der Waals surface area contributed by atoms with E-state index in [0.717, 1.165) is 5.56 Å². The Balaban J connectivity index is 1.87. The van der Waals surface area contributed by atoms with E-state index < -0.39 is 10.1 Å². The molecule has 0 aliphatic carbocycles. The average Bonchev–Trinajstić information content (AvgIpc) is 2.69. The summed E-state index contributed by atoms with van der Waals surface area (Å²) in [6, 6.07) is 19.9. The summed E-state index contributed by atoms with van der Waals surface area (Å²) in [4.78, 5) is 0.0395. The number of hydrogen-bond donors (Lipinski definition) is 0. The van der Waals surface area contributed by atoms with Crippen LogP contribution >= 0.6 is 23.2 Å². The smallest absolute Gasteiger partial charge is 0.339 e. The maximum atomic E-state index is 12.4. The predicted octanol–water partition coefficient (Wildman–Crippen LogP) is 6.13. The first kappa shape index (κ1) is 20.9. The highest BCUT2D eigenvalue weighted by Gasteiger charge is 2.18. The highest BCUT2D eigenvalue weighted by atomic mass is 35.5. The first-order valence-electron chi connectivity index (χ1n) is 8.47. The van der Waals surface area contributed by atoms with E-state index >= 15 is 0 Å². The van der Waals surface area contributed by atoms with Crippen molar-refractivity contribution in [3.05, 3.63) is 93.5 Å². The molecular formula is C22H15Cl2NO3S. The lowest BCUT2D eigenvalue weighted by Gasteiger charge is -2.09. The summed E-state index contributed by atoms with van der Waals surface area (Å²) in [6.07, 6.45) is 1.65. The minimum absolute atomic E-state index is 0.00870. The number of benzene rings is 3. The molecule has 0 aliphatic rings. The quantitative estimate of drug-likeness (QED) is 0.270. The summed E-state index contributed by atoms with van der Waals surface area (Å²) in [5.74, 6) is 0.00870. The lowest BCUT2D eigenvalue weighted by atomic mass is 10.0. The first-order chi connectivity index (χ1) is 13.8. The van der Waals surface area contributed by atoms with Crippen LogP contribution in [0.3, 0.4) is 0 Å². The molecule has 0 aliphatic heterocycles. The topological polar surface area (TPSA) is 67.2 Å². The van der Waals surface area contributed by atoms with Gasteiger partial charge in [0.2, 0.25) is 0 Å². The van der Waals surface area contributed by atoms with Crippen LogP contribution in [0.5, 0.6) is 5.75 Å². The summed E-state index contributed by atoms with van der Waals surface area (Å²) in [7, 11) is -4.00. The van der Waals surface area contributed by atoms with Crippen LogP contribution in [0.4, 0.5) is 0 Å². The first-order valence-corrected chi connectivity index (χ1v) is 10.6. The van der Waals surface area contributed by atoms with Crippen molar-refractivity contribution in [1.82, 2.24) is 0 Å². The zero-order valence-electron chi connectivity index (χ0n) is 15.3. The summed E-state index contributed by atoms with van der Waals surface area (Å²) in [5.41, 5.74) is 2.68. The maximum Gasteiger partial charge on any atom is 0.339 e. The highest BCUT2D eigenvalue weighted by Crippen LogP contribution is 2.30. The van der Waals surface area contributed by atoms with Crippen LogP contribution in [-0.2, 0) is 10.1 Å². The summed E-state index contributed by atoms with van der Waals surface area (Å²) < 4.78 is 30.1. The van der Waals surface area contributed by atoms with Gasteiger partial charge in [-0.05, 0) is 60.5 Å².